The lowest BCUT2D eigenvalue weighted by Gasteiger charge is -2.14. The molecule has 0 unspecified atom stereocenters. The van der Waals surface area contributed by atoms with Crippen molar-refractivity contribution in [2.45, 2.75) is 6.42 Å². The summed E-state index contributed by atoms with van der Waals surface area (Å²) in [6, 6.07) is 18.6. The summed E-state index contributed by atoms with van der Waals surface area (Å²) in [5.41, 5.74) is 2.18. The van der Waals surface area contributed by atoms with Crippen LogP contribution in [0.4, 0.5) is 0 Å². The van der Waals surface area contributed by atoms with Crippen LogP contribution in [0.15, 0.2) is 54.6 Å². The molecular formula is C21H18O3S. The molecule has 0 atom stereocenters. The molecule has 126 valence electrons. The monoisotopic (exact) mass is 350 g/mol. The number of phenols is 1. The number of benzene rings is 3. The van der Waals surface area contributed by atoms with E-state index in [1.807, 2.05) is 17.4 Å². The second kappa shape index (κ2) is 6.30. The average Bonchev–Trinajstić information content (AvgIpc) is 3.01. The topological polar surface area (TPSA) is 38.7 Å². The average molecular weight is 350 g/mol. The van der Waals surface area contributed by atoms with Gasteiger partial charge in [-0.3, -0.25) is 0 Å². The lowest BCUT2D eigenvalue weighted by molar-refractivity contribution is 0.331. The van der Waals surface area contributed by atoms with Crippen molar-refractivity contribution in [1.29, 1.82) is 0 Å². The highest BCUT2D eigenvalue weighted by Gasteiger charge is 2.15. The minimum absolute atomic E-state index is 0.0855. The Morgan fingerprint density at radius 1 is 0.840 bits per heavy atom. The minimum Gasteiger partial charge on any atom is -0.504 e. The molecule has 0 aliphatic heterocycles. The molecule has 0 aliphatic rings. The molecule has 3 nitrogen and oxygen atoms in total. The molecule has 1 aromatic heterocycles. The van der Waals surface area contributed by atoms with Crippen LogP contribution in [0.2, 0.25) is 0 Å². The molecule has 0 bridgehead atoms. The van der Waals surface area contributed by atoms with Gasteiger partial charge in [-0.2, -0.15) is 0 Å². The fourth-order valence-electron chi connectivity index (χ4n) is 3.26. The van der Waals surface area contributed by atoms with Crippen molar-refractivity contribution in [3.8, 4) is 17.2 Å². The van der Waals surface area contributed by atoms with Crippen LogP contribution in [-0.4, -0.2) is 19.3 Å². The number of methoxy groups -OCH3 is 2. The van der Waals surface area contributed by atoms with Crippen LogP contribution in [-0.2, 0) is 6.42 Å². The number of aromatic hydroxyl groups is 1. The van der Waals surface area contributed by atoms with E-state index >= 15 is 0 Å². The van der Waals surface area contributed by atoms with Crippen molar-refractivity contribution in [2.24, 2.45) is 0 Å². The summed E-state index contributed by atoms with van der Waals surface area (Å²) in [6.07, 6.45) is 0.708. The quantitative estimate of drug-likeness (QED) is 0.538. The fourth-order valence-corrected chi connectivity index (χ4v) is 4.34. The Morgan fingerprint density at radius 2 is 1.60 bits per heavy atom. The van der Waals surface area contributed by atoms with Gasteiger partial charge in [0.1, 0.15) is 0 Å². The van der Waals surface area contributed by atoms with E-state index in [2.05, 4.69) is 42.5 Å². The van der Waals surface area contributed by atoms with E-state index in [1.165, 1.54) is 32.8 Å². The van der Waals surface area contributed by atoms with Crippen LogP contribution in [0, 0.1) is 0 Å². The van der Waals surface area contributed by atoms with E-state index in [9.17, 15) is 5.11 Å². The summed E-state index contributed by atoms with van der Waals surface area (Å²) in [6.45, 7) is 0. The van der Waals surface area contributed by atoms with Crippen LogP contribution in [0.5, 0.6) is 17.2 Å². The zero-order valence-electron chi connectivity index (χ0n) is 14.1. The first-order chi connectivity index (χ1) is 12.2. The van der Waals surface area contributed by atoms with Crippen LogP contribution >= 0.6 is 11.3 Å². The zero-order valence-corrected chi connectivity index (χ0v) is 14.9. The van der Waals surface area contributed by atoms with E-state index in [4.69, 9.17) is 9.47 Å². The fraction of sp³-hybridized carbons (Fsp3) is 0.143. The van der Waals surface area contributed by atoms with Gasteiger partial charge in [-0.15, -0.1) is 11.3 Å². The maximum Gasteiger partial charge on any atom is 0.203 e. The van der Waals surface area contributed by atoms with Gasteiger partial charge in [-0.25, -0.2) is 0 Å². The van der Waals surface area contributed by atoms with Crippen molar-refractivity contribution in [1.82, 2.24) is 0 Å². The van der Waals surface area contributed by atoms with Gasteiger partial charge in [-0.05, 0) is 29.8 Å². The second-order valence-electron chi connectivity index (χ2n) is 5.92. The Morgan fingerprint density at radius 3 is 2.40 bits per heavy atom. The third kappa shape index (κ3) is 2.68. The van der Waals surface area contributed by atoms with Crippen LogP contribution in [0.1, 0.15) is 11.1 Å². The Hall–Kier alpha value is -2.72. The first-order valence-corrected chi connectivity index (χ1v) is 8.86. The summed E-state index contributed by atoms with van der Waals surface area (Å²) < 4.78 is 13.4. The molecule has 0 spiro atoms. The van der Waals surface area contributed by atoms with Crippen LogP contribution in [0.25, 0.3) is 20.2 Å². The standard InChI is InChI=1S/C21H18O3S/c1-23-20-14(8-9-17(22)21(20)24-2)11-13-7-10-19-16(12-13)15-5-3-4-6-18(15)25-19/h3-10,12,22H,11H2,1-2H3. The van der Waals surface area contributed by atoms with Crippen molar-refractivity contribution < 1.29 is 14.6 Å². The molecule has 3 aromatic carbocycles. The number of fused-ring (bicyclic) bond motifs is 3. The maximum absolute atomic E-state index is 9.94. The van der Waals surface area contributed by atoms with E-state index in [0.717, 1.165) is 5.56 Å². The van der Waals surface area contributed by atoms with Gasteiger partial charge in [0.25, 0.3) is 0 Å². The molecule has 25 heavy (non-hydrogen) atoms. The lowest BCUT2D eigenvalue weighted by atomic mass is 10.0. The Bertz CT molecular complexity index is 1070. The van der Waals surface area contributed by atoms with E-state index in [0.29, 0.717) is 17.9 Å². The predicted molar refractivity (Wildman–Crippen MR) is 103 cm³/mol. The minimum atomic E-state index is 0.0855. The van der Waals surface area contributed by atoms with Gasteiger partial charge < -0.3 is 14.6 Å². The maximum atomic E-state index is 9.94. The highest BCUT2D eigenvalue weighted by molar-refractivity contribution is 7.25. The first kappa shape index (κ1) is 15.8. The second-order valence-corrected chi connectivity index (χ2v) is 7.00. The number of phenolic OH excluding ortho intramolecular Hbond substituents is 1. The molecule has 0 aliphatic carbocycles. The number of hydrogen-bond acceptors (Lipinski definition) is 4. The van der Waals surface area contributed by atoms with Crippen LogP contribution < -0.4 is 9.47 Å². The summed E-state index contributed by atoms with van der Waals surface area (Å²) in [4.78, 5) is 0. The third-order valence-electron chi connectivity index (χ3n) is 4.42. The van der Waals surface area contributed by atoms with Gasteiger partial charge in [-0.1, -0.05) is 30.3 Å². The molecule has 4 heteroatoms. The smallest absolute Gasteiger partial charge is 0.203 e. The number of thiophene rings is 1. The van der Waals surface area contributed by atoms with E-state index < -0.39 is 0 Å². The summed E-state index contributed by atoms with van der Waals surface area (Å²) in [5, 5.41) is 12.5. The van der Waals surface area contributed by atoms with Gasteiger partial charge in [0.15, 0.2) is 11.5 Å². The SMILES string of the molecule is COc1c(O)ccc(Cc2ccc3sc4ccccc4c3c2)c1OC. The van der Waals surface area contributed by atoms with Crippen molar-refractivity contribution in [3.05, 3.63) is 65.7 Å². The Balaban J connectivity index is 1.80. The Labute approximate surface area is 150 Å². The van der Waals surface area contributed by atoms with Gasteiger partial charge in [0.05, 0.1) is 14.2 Å². The Kier molecular flexibility index (Phi) is 3.98. The van der Waals surface area contributed by atoms with E-state index in [-0.39, 0.29) is 5.75 Å². The highest BCUT2D eigenvalue weighted by Crippen LogP contribution is 2.40. The molecule has 1 N–H and O–H groups in total. The molecule has 0 amide bonds. The van der Waals surface area contributed by atoms with Crippen molar-refractivity contribution in [3.63, 3.8) is 0 Å². The predicted octanol–water partition coefficient (Wildman–Crippen LogP) is 5.37. The van der Waals surface area contributed by atoms with Crippen molar-refractivity contribution >= 4 is 31.5 Å². The summed E-state index contributed by atoms with van der Waals surface area (Å²) in [7, 11) is 3.13. The van der Waals surface area contributed by atoms with Gasteiger partial charge in [0, 0.05) is 32.2 Å². The normalized spacial score (nSPS) is 11.1. The van der Waals surface area contributed by atoms with Gasteiger partial charge >= 0.3 is 0 Å². The number of rotatable bonds is 4. The zero-order chi connectivity index (χ0) is 17.4. The molecule has 0 saturated heterocycles. The summed E-state index contributed by atoms with van der Waals surface area (Å²) >= 11 is 1.81. The van der Waals surface area contributed by atoms with E-state index in [1.54, 1.807) is 13.2 Å². The van der Waals surface area contributed by atoms with Gasteiger partial charge in [0.2, 0.25) is 5.75 Å². The largest absolute Gasteiger partial charge is 0.504 e. The molecule has 4 aromatic rings. The number of ether oxygens (including phenoxy) is 2. The van der Waals surface area contributed by atoms with Crippen LogP contribution in [0.3, 0.4) is 0 Å². The molecule has 4 rings (SSSR count). The molecule has 0 fully saturated rings. The first-order valence-electron chi connectivity index (χ1n) is 8.04. The lowest BCUT2D eigenvalue weighted by Crippen LogP contribution is -1.97. The molecule has 0 saturated carbocycles. The third-order valence-corrected chi connectivity index (χ3v) is 5.57. The number of hydrogen-bond donors (Lipinski definition) is 1. The summed E-state index contributed by atoms with van der Waals surface area (Å²) in [5.74, 6) is 1.04. The molecular weight excluding hydrogens is 332 g/mol. The molecule has 0 radical (unpaired) electrons. The highest BCUT2D eigenvalue weighted by atomic mass is 32.1. The molecule has 1 heterocycles. The van der Waals surface area contributed by atoms with Crippen molar-refractivity contribution in [2.75, 3.05) is 14.2 Å².